The molecule has 0 aromatic heterocycles. The van der Waals surface area contributed by atoms with Gasteiger partial charge < -0.3 is 5.32 Å². The third kappa shape index (κ3) is 4.20. The predicted molar refractivity (Wildman–Crippen MR) is 112 cm³/mol. The maximum atomic E-state index is 12.8. The van der Waals surface area contributed by atoms with Crippen molar-refractivity contribution in [3.05, 3.63) is 107 Å². The van der Waals surface area contributed by atoms with E-state index in [2.05, 4.69) is 10.7 Å². The third-order valence-corrected chi connectivity index (χ3v) is 5.01. The van der Waals surface area contributed by atoms with Crippen LogP contribution in [-0.4, -0.2) is 28.8 Å². The van der Waals surface area contributed by atoms with E-state index in [9.17, 15) is 9.59 Å². The molecule has 0 saturated carbocycles. The van der Waals surface area contributed by atoms with Gasteiger partial charge >= 0.3 is 5.91 Å². The fraction of sp³-hybridized carbons (Fsp3) is 0.0870. The van der Waals surface area contributed by atoms with Gasteiger partial charge in [0.1, 0.15) is 0 Å². The van der Waals surface area contributed by atoms with E-state index in [-0.39, 0.29) is 11.8 Å². The van der Waals surface area contributed by atoms with Crippen LogP contribution in [0.2, 0.25) is 5.02 Å². The number of nitrogens with zero attached hydrogens (tertiary/aromatic N) is 1. The van der Waals surface area contributed by atoms with Gasteiger partial charge in [0.25, 0.3) is 5.91 Å². The summed E-state index contributed by atoms with van der Waals surface area (Å²) in [6, 6.07) is 24.7. The zero-order valence-electron chi connectivity index (χ0n) is 15.5. The summed E-state index contributed by atoms with van der Waals surface area (Å²) in [6.07, 6.45) is 1.83. The van der Waals surface area contributed by atoms with E-state index in [0.29, 0.717) is 10.6 Å². The zero-order chi connectivity index (χ0) is 20.2. The van der Waals surface area contributed by atoms with Crippen molar-refractivity contribution in [3.63, 3.8) is 0 Å². The fourth-order valence-corrected chi connectivity index (χ4v) is 3.48. The van der Waals surface area contributed by atoms with Gasteiger partial charge in [-0.3, -0.25) is 9.59 Å². The van der Waals surface area contributed by atoms with Crippen LogP contribution in [-0.2, 0) is 4.79 Å². The van der Waals surface area contributed by atoms with Crippen molar-refractivity contribution in [1.82, 2.24) is 10.7 Å². The normalized spacial score (nSPS) is 19.8. The molecule has 2 amide bonds. The van der Waals surface area contributed by atoms with Crippen molar-refractivity contribution in [1.29, 1.82) is 0 Å². The Hall–Kier alpha value is -3.44. The molecule has 1 saturated heterocycles. The number of carbonyl (C=O) groups excluding carboxylic acids is 2. The Kier molecular flexibility index (Phi) is 5.40. The number of hydrogen-bond donors (Lipinski definition) is 2. The molecule has 4 rings (SSSR count). The minimum absolute atomic E-state index is 0.270. The molecule has 144 valence electrons. The number of carbonyl (C=O) groups is 2. The molecule has 0 aliphatic carbocycles. The van der Waals surface area contributed by atoms with Gasteiger partial charge in [0, 0.05) is 21.7 Å². The summed E-state index contributed by atoms with van der Waals surface area (Å²) in [5, 5.41) is 3.52. The number of amides is 2. The van der Waals surface area contributed by atoms with Gasteiger partial charge in [-0.25, -0.2) is 0 Å². The van der Waals surface area contributed by atoms with E-state index < -0.39 is 12.1 Å². The Morgan fingerprint density at radius 1 is 0.931 bits per heavy atom. The maximum Gasteiger partial charge on any atom is 0.304 e. The lowest BCUT2D eigenvalue weighted by Crippen LogP contribution is -2.42. The van der Waals surface area contributed by atoms with E-state index in [1.165, 1.54) is 0 Å². The number of rotatable bonds is 4. The van der Waals surface area contributed by atoms with Crippen LogP contribution in [0.15, 0.2) is 84.9 Å². The van der Waals surface area contributed by atoms with Crippen molar-refractivity contribution in [3.8, 4) is 0 Å². The minimum Gasteiger partial charge on any atom is -0.334 e. The van der Waals surface area contributed by atoms with Crippen LogP contribution < -0.4 is 10.7 Å². The molecule has 1 fully saturated rings. The summed E-state index contributed by atoms with van der Waals surface area (Å²) in [5.74, 6) is -0.562. The van der Waals surface area contributed by atoms with E-state index in [0.717, 1.165) is 11.1 Å². The summed E-state index contributed by atoms with van der Waals surface area (Å²) >= 11 is 5.97. The van der Waals surface area contributed by atoms with Crippen molar-refractivity contribution < 1.29 is 14.3 Å². The predicted octanol–water partition coefficient (Wildman–Crippen LogP) is 3.36. The first kappa shape index (κ1) is 18.9. The van der Waals surface area contributed by atoms with Gasteiger partial charge in [-0.2, -0.15) is 0 Å². The molecule has 29 heavy (non-hydrogen) atoms. The lowest BCUT2D eigenvalue weighted by Gasteiger charge is -2.14. The first-order chi connectivity index (χ1) is 14.1. The lowest BCUT2D eigenvalue weighted by molar-refractivity contribution is -0.596. The van der Waals surface area contributed by atoms with Crippen LogP contribution in [0.25, 0.3) is 0 Å². The molecule has 2 N–H and O–H groups in total. The standard InChI is InChI=1S/C23H18ClN3O2/c24-19-13-11-16(12-14-19)15-27-21(17-7-3-1-4-8-17)20(23(29)26-27)25-22(28)18-9-5-2-6-10-18/h1-15,20-21H,(H-,25,26,28,29)/p+1/b27-15-/t20-,21-/m1/s1. The van der Waals surface area contributed by atoms with Gasteiger partial charge in [-0.1, -0.05) is 60.1 Å². The fourth-order valence-electron chi connectivity index (χ4n) is 3.35. The molecule has 0 radical (unpaired) electrons. The number of benzene rings is 3. The van der Waals surface area contributed by atoms with Crippen LogP contribution in [0, 0.1) is 0 Å². The average Bonchev–Trinajstić information content (AvgIpc) is 3.05. The monoisotopic (exact) mass is 404 g/mol. The molecular weight excluding hydrogens is 386 g/mol. The Balaban J connectivity index is 1.69. The average molecular weight is 405 g/mol. The quantitative estimate of drug-likeness (QED) is 0.655. The maximum absolute atomic E-state index is 12.8. The number of nitrogens with one attached hydrogen (secondary N) is 2. The molecular formula is C23H19ClN3O2+. The van der Waals surface area contributed by atoms with Gasteiger partial charge in [0.2, 0.25) is 12.3 Å². The van der Waals surface area contributed by atoms with E-state index in [1.54, 1.807) is 41.1 Å². The van der Waals surface area contributed by atoms with Crippen LogP contribution in [0.1, 0.15) is 27.5 Å². The first-order valence-electron chi connectivity index (χ1n) is 9.22. The second kappa shape index (κ2) is 8.29. The Morgan fingerprint density at radius 3 is 2.21 bits per heavy atom. The second-order valence-electron chi connectivity index (χ2n) is 6.74. The largest absolute Gasteiger partial charge is 0.334 e. The number of halogens is 1. The molecule has 1 aliphatic rings. The zero-order valence-corrected chi connectivity index (χ0v) is 16.2. The highest BCUT2D eigenvalue weighted by Gasteiger charge is 2.47. The highest BCUT2D eigenvalue weighted by molar-refractivity contribution is 6.30. The van der Waals surface area contributed by atoms with Gasteiger partial charge in [0.05, 0.1) is 0 Å². The highest BCUT2D eigenvalue weighted by atomic mass is 35.5. The number of hydrazone groups is 1. The van der Waals surface area contributed by atoms with Crippen molar-refractivity contribution in [2.45, 2.75) is 12.1 Å². The van der Waals surface area contributed by atoms with Crippen molar-refractivity contribution in [2.75, 3.05) is 0 Å². The lowest BCUT2D eigenvalue weighted by atomic mass is 10.00. The second-order valence-corrected chi connectivity index (χ2v) is 7.17. The number of hydrazine groups is 1. The number of hydrogen-bond acceptors (Lipinski definition) is 2. The van der Waals surface area contributed by atoms with Crippen LogP contribution in [0.3, 0.4) is 0 Å². The molecule has 3 aromatic carbocycles. The van der Waals surface area contributed by atoms with E-state index in [1.807, 2.05) is 54.7 Å². The summed E-state index contributed by atoms with van der Waals surface area (Å²) in [4.78, 5) is 25.5. The Morgan fingerprint density at radius 2 is 1.55 bits per heavy atom. The molecule has 0 unspecified atom stereocenters. The third-order valence-electron chi connectivity index (χ3n) is 4.76. The topological polar surface area (TPSA) is 61.2 Å². The first-order valence-corrected chi connectivity index (χ1v) is 9.60. The molecule has 5 nitrogen and oxygen atoms in total. The van der Waals surface area contributed by atoms with E-state index >= 15 is 0 Å². The minimum atomic E-state index is -0.742. The molecule has 6 heteroatoms. The summed E-state index contributed by atoms with van der Waals surface area (Å²) in [5.41, 5.74) is 5.16. The summed E-state index contributed by atoms with van der Waals surface area (Å²) < 4.78 is 1.73. The van der Waals surface area contributed by atoms with Gasteiger partial charge in [-0.05, 0) is 36.4 Å². The van der Waals surface area contributed by atoms with Crippen LogP contribution in [0.5, 0.6) is 0 Å². The van der Waals surface area contributed by atoms with Crippen molar-refractivity contribution >= 4 is 29.6 Å². The van der Waals surface area contributed by atoms with Gasteiger partial charge in [-0.15, -0.1) is 10.1 Å². The molecule has 0 spiro atoms. The van der Waals surface area contributed by atoms with Crippen LogP contribution >= 0.6 is 11.6 Å². The van der Waals surface area contributed by atoms with Gasteiger partial charge in [0.15, 0.2) is 6.04 Å². The summed E-state index contributed by atoms with van der Waals surface area (Å²) in [7, 11) is 0. The highest BCUT2D eigenvalue weighted by Crippen LogP contribution is 2.25. The molecule has 2 atom stereocenters. The smallest absolute Gasteiger partial charge is 0.304 e. The molecule has 3 aromatic rings. The Labute approximate surface area is 173 Å². The van der Waals surface area contributed by atoms with Crippen LogP contribution in [0.4, 0.5) is 0 Å². The van der Waals surface area contributed by atoms with E-state index in [4.69, 9.17) is 11.6 Å². The molecule has 1 aliphatic heterocycles. The summed E-state index contributed by atoms with van der Waals surface area (Å²) in [6.45, 7) is 0. The Bertz CT molecular complexity index is 1050. The molecule has 0 bridgehead atoms. The van der Waals surface area contributed by atoms with Crippen molar-refractivity contribution in [2.24, 2.45) is 0 Å². The SMILES string of the molecule is O=C(N[C@H]1C(=O)N/[N+](=C\c2ccc(Cl)cc2)[C@@H]1c1ccccc1)c1ccccc1. The molecule has 1 heterocycles.